The molecule has 0 bridgehead atoms. The second kappa shape index (κ2) is 8.34. The molecule has 2 heterocycles. The Kier molecular flexibility index (Phi) is 5.90. The summed E-state index contributed by atoms with van der Waals surface area (Å²) >= 11 is 0. The van der Waals surface area contributed by atoms with E-state index in [1.807, 2.05) is 44.2 Å². The minimum atomic E-state index is -3.13. The summed E-state index contributed by atoms with van der Waals surface area (Å²) in [6.45, 7) is 8.13. The molecule has 2 fully saturated rings. The van der Waals surface area contributed by atoms with Crippen molar-refractivity contribution in [1.82, 2.24) is 4.90 Å². The Labute approximate surface area is 184 Å². The van der Waals surface area contributed by atoms with Crippen molar-refractivity contribution in [2.24, 2.45) is 5.92 Å². The maximum atomic E-state index is 13.4. The molecule has 4 unspecified atom stereocenters. The van der Waals surface area contributed by atoms with Gasteiger partial charge in [0.15, 0.2) is 15.9 Å². The topological polar surface area (TPSA) is 76.8 Å². The highest BCUT2D eigenvalue weighted by Gasteiger charge is 2.39. The van der Waals surface area contributed by atoms with E-state index < -0.39 is 15.9 Å². The Hall–Kier alpha value is -2.28. The Morgan fingerprint density at radius 2 is 2.00 bits per heavy atom. The van der Waals surface area contributed by atoms with Crippen molar-refractivity contribution < 1.29 is 22.4 Å². The maximum Gasteiger partial charge on any atom is 0.264 e. The van der Waals surface area contributed by atoms with Crippen molar-refractivity contribution in [3.63, 3.8) is 0 Å². The zero-order valence-electron chi connectivity index (χ0n) is 18.6. The number of carbonyl (C=O) groups excluding carboxylic acids is 1. The lowest BCUT2D eigenvalue weighted by Crippen LogP contribution is -2.46. The molecule has 2 aromatic rings. The van der Waals surface area contributed by atoms with Gasteiger partial charge in [-0.1, -0.05) is 19.1 Å². The van der Waals surface area contributed by atoms with E-state index in [1.165, 1.54) is 0 Å². The van der Waals surface area contributed by atoms with Crippen LogP contribution in [0.25, 0.3) is 0 Å². The molecule has 4 atom stereocenters. The molecule has 1 aliphatic carbocycles. The summed E-state index contributed by atoms with van der Waals surface area (Å²) in [5.74, 6) is 3.26. The van der Waals surface area contributed by atoms with Gasteiger partial charge in [0, 0.05) is 12.0 Å². The average molecular weight is 446 g/mol. The number of hydrogen-bond donors (Lipinski definition) is 0. The van der Waals surface area contributed by atoms with E-state index in [9.17, 15) is 13.2 Å². The molecule has 1 aromatic heterocycles. The summed E-state index contributed by atoms with van der Waals surface area (Å²) in [6, 6.07) is 9.27. The number of sulfone groups is 1. The molecule has 0 spiro atoms. The van der Waals surface area contributed by atoms with E-state index in [2.05, 4.69) is 6.92 Å². The summed E-state index contributed by atoms with van der Waals surface area (Å²) in [5.41, 5.74) is 2.08. The van der Waals surface area contributed by atoms with Crippen LogP contribution in [0, 0.1) is 19.8 Å². The first-order valence-corrected chi connectivity index (χ1v) is 12.8. The molecule has 2 aliphatic rings. The second-order valence-corrected chi connectivity index (χ2v) is 11.3. The number of benzene rings is 1. The van der Waals surface area contributed by atoms with Crippen molar-refractivity contribution in [2.75, 3.05) is 11.5 Å². The van der Waals surface area contributed by atoms with Crippen LogP contribution in [0.2, 0.25) is 0 Å². The molecule has 168 valence electrons. The molecule has 1 aliphatic heterocycles. The van der Waals surface area contributed by atoms with Crippen LogP contribution in [0.1, 0.15) is 55.3 Å². The summed E-state index contributed by atoms with van der Waals surface area (Å²) < 4.78 is 36.3. The lowest BCUT2D eigenvalue weighted by molar-refractivity contribution is -0.141. The van der Waals surface area contributed by atoms with Gasteiger partial charge in [0.2, 0.25) is 0 Å². The second-order valence-electron chi connectivity index (χ2n) is 9.10. The summed E-state index contributed by atoms with van der Waals surface area (Å²) in [4.78, 5) is 15.1. The number of carbonyl (C=O) groups is 1. The highest BCUT2D eigenvalue weighted by molar-refractivity contribution is 7.91. The summed E-state index contributed by atoms with van der Waals surface area (Å²) in [6.07, 6.45) is 0.830. The number of amides is 1. The molecule has 4 rings (SSSR count). The van der Waals surface area contributed by atoms with Gasteiger partial charge < -0.3 is 14.1 Å². The summed E-state index contributed by atoms with van der Waals surface area (Å²) in [5, 5.41) is 0. The standard InChI is InChI=1S/C24H31NO5S/c1-15-6-5-7-22(17(15)3)29-18(4)24(26)25(19-10-11-31(27,28)14-19)13-20-8-9-23(30-20)21-12-16(21)2/h5-9,16,18-19,21H,10-14H2,1-4H3. The number of hydrogen-bond acceptors (Lipinski definition) is 5. The average Bonchev–Trinajstić information content (AvgIpc) is 3.10. The summed E-state index contributed by atoms with van der Waals surface area (Å²) in [7, 11) is -3.13. The third kappa shape index (κ3) is 4.81. The monoisotopic (exact) mass is 445 g/mol. The molecule has 1 saturated heterocycles. The van der Waals surface area contributed by atoms with Gasteiger partial charge in [-0.2, -0.15) is 0 Å². The zero-order valence-corrected chi connectivity index (χ0v) is 19.4. The molecule has 1 saturated carbocycles. The SMILES string of the molecule is Cc1cccc(OC(C)C(=O)N(Cc2ccc(C3CC3C)o2)C2CCS(=O)(=O)C2)c1C. The molecule has 31 heavy (non-hydrogen) atoms. The minimum Gasteiger partial charge on any atom is -0.481 e. The Morgan fingerprint density at radius 3 is 2.65 bits per heavy atom. The predicted octanol–water partition coefficient (Wildman–Crippen LogP) is 4.00. The van der Waals surface area contributed by atoms with Gasteiger partial charge in [0.05, 0.1) is 18.1 Å². The van der Waals surface area contributed by atoms with Crippen molar-refractivity contribution in [2.45, 2.75) is 65.1 Å². The predicted molar refractivity (Wildman–Crippen MR) is 119 cm³/mol. The number of ether oxygens (including phenoxy) is 1. The van der Waals surface area contributed by atoms with Crippen LogP contribution in [0.3, 0.4) is 0 Å². The molecule has 0 radical (unpaired) electrons. The van der Waals surface area contributed by atoms with Crippen molar-refractivity contribution >= 4 is 15.7 Å². The van der Waals surface area contributed by atoms with E-state index in [0.717, 1.165) is 23.3 Å². The number of rotatable bonds is 7. The molecular weight excluding hydrogens is 414 g/mol. The number of aryl methyl sites for hydroxylation is 1. The molecule has 1 aromatic carbocycles. The van der Waals surface area contributed by atoms with Gasteiger partial charge in [-0.05, 0) is 68.9 Å². The fourth-order valence-electron chi connectivity index (χ4n) is 4.30. The maximum absolute atomic E-state index is 13.4. The smallest absolute Gasteiger partial charge is 0.264 e. The third-order valence-electron chi connectivity index (χ3n) is 6.62. The van der Waals surface area contributed by atoms with Crippen LogP contribution in [0.5, 0.6) is 5.75 Å². The normalized spacial score (nSPS) is 25.2. The van der Waals surface area contributed by atoms with Crippen LogP contribution >= 0.6 is 0 Å². The van der Waals surface area contributed by atoms with Crippen LogP contribution in [-0.4, -0.2) is 42.9 Å². The zero-order chi connectivity index (χ0) is 22.3. The fourth-order valence-corrected chi connectivity index (χ4v) is 6.03. The van der Waals surface area contributed by atoms with Crippen molar-refractivity contribution in [3.8, 4) is 5.75 Å². The van der Waals surface area contributed by atoms with Gasteiger partial charge in [-0.25, -0.2) is 8.42 Å². The number of furan rings is 1. The Balaban J connectivity index is 1.53. The largest absolute Gasteiger partial charge is 0.481 e. The van der Waals surface area contributed by atoms with Crippen LogP contribution in [0.4, 0.5) is 0 Å². The Bertz CT molecular complexity index is 1070. The van der Waals surface area contributed by atoms with E-state index in [0.29, 0.717) is 29.8 Å². The van der Waals surface area contributed by atoms with Crippen LogP contribution in [-0.2, 0) is 21.2 Å². The third-order valence-corrected chi connectivity index (χ3v) is 8.37. The first-order valence-electron chi connectivity index (χ1n) is 11.0. The first-order chi connectivity index (χ1) is 14.6. The Morgan fingerprint density at radius 1 is 1.26 bits per heavy atom. The molecule has 1 amide bonds. The van der Waals surface area contributed by atoms with Gasteiger partial charge in [-0.15, -0.1) is 0 Å². The molecule has 7 heteroatoms. The van der Waals surface area contributed by atoms with Gasteiger partial charge in [0.25, 0.3) is 5.91 Å². The highest BCUT2D eigenvalue weighted by atomic mass is 32.2. The molecular formula is C24H31NO5S. The fraction of sp³-hybridized carbons (Fsp3) is 0.542. The lowest BCUT2D eigenvalue weighted by atomic mass is 10.1. The van der Waals surface area contributed by atoms with Crippen LogP contribution < -0.4 is 4.74 Å². The van der Waals surface area contributed by atoms with Gasteiger partial charge in [-0.3, -0.25) is 4.79 Å². The first kappa shape index (κ1) is 21.9. The van der Waals surface area contributed by atoms with E-state index >= 15 is 0 Å². The molecule has 0 N–H and O–H groups in total. The van der Waals surface area contributed by atoms with Crippen LogP contribution in [0.15, 0.2) is 34.7 Å². The quantitative estimate of drug-likeness (QED) is 0.644. The van der Waals surface area contributed by atoms with Gasteiger partial charge >= 0.3 is 0 Å². The van der Waals surface area contributed by atoms with Gasteiger partial charge in [0.1, 0.15) is 17.3 Å². The van der Waals surface area contributed by atoms with Crippen molar-refractivity contribution in [3.05, 3.63) is 53.0 Å². The van der Waals surface area contributed by atoms with Crippen molar-refractivity contribution in [1.29, 1.82) is 0 Å². The minimum absolute atomic E-state index is 0.0117. The highest BCUT2D eigenvalue weighted by Crippen LogP contribution is 2.47. The number of nitrogens with zero attached hydrogens (tertiary/aromatic N) is 1. The lowest BCUT2D eigenvalue weighted by Gasteiger charge is -2.30. The van der Waals surface area contributed by atoms with E-state index in [4.69, 9.17) is 9.15 Å². The van der Waals surface area contributed by atoms with E-state index in [1.54, 1.807) is 11.8 Å². The van der Waals surface area contributed by atoms with E-state index in [-0.39, 0.29) is 30.0 Å². The molecule has 6 nitrogen and oxygen atoms in total.